The number of likely N-dealkylation sites (tertiary alicyclic amines) is 2. The first-order valence-corrected chi connectivity index (χ1v) is 15.6. The van der Waals surface area contributed by atoms with Crippen LogP contribution in [0.4, 0.5) is 0 Å². The Labute approximate surface area is 260 Å². The summed E-state index contributed by atoms with van der Waals surface area (Å²) in [6, 6.07) is 23.9. The first kappa shape index (κ1) is 30.6. The molecule has 2 amide bonds. The van der Waals surface area contributed by atoms with Crippen molar-refractivity contribution in [2.24, 2.45) is 5.73 Å². The van der Waals surface area contributed by atoms with Crippen LogP contribution in [0.15, 0.2) is 72.8 Å². The van der Waals surface area contributed by atoms with E-state index in [4.69, 9.17) is 28.9 Å². The van der Waals surface area contributed by atoms with Gasteiger partial charge in [-0.15, -0.1) is 0 Å². The number of rotatable bonds is 7. The second-order valence-electron chi connectivity index (χ2n) is 13.1. The van der Waals surface area contributed by atoms with E-state index in [0.717, 1.165) is 43.6 Å². The maximum absolute atomic E-state index is 13.6. The van der Waals surface area contributed by atoms with Crippen LogP contribution in [-0.2, 0) is 21.0 Å². The van der Waals surface area contributed by atoms with E-state index in [2.05, 4.69) is 43.9 Å². The van der Waals surface area contributed by atoms with E-state index in [1.165, 1.54) is 5.56 Å². The molecule has 5 rings (SSSR count). The summed E-state index contributed by atoms with van der Waals surface area (Å²) in [5.41, 5.74) is 9.18. The molecule has 2 saturated heterocycles. The first-order chi connectivity index (χ1) is 19.9. The molecular weight excluding hydrogens is 565 g/mol. The molecule has 2 aliphatic rings. The fraction of sp³-hybridized carbons (Fsp3) is 0.429. The van der Waals surface area contributed by atoms with Gasteiger partial charge in [-0.3, -0.25) is 9.59 Å². The van der Waals surface area contributed by atoms with Gasteiger partial charge in [-0.25, -0.2) is 0 Å². The number of hydrogen-bond acceptors (Lipinski definition) is 3. The second kappa shape index (κ2) is 12.0. The van der Waals surface area contributed by atoms with Crippen molar-refractivity contribution in [3.63, 3.8) is 0 Å². The number of amides is 2. The number of carbonyl (C=O) groups is 2. The third-order valence-corrected chi connectivity index (χ3v) is 10.3. The van der Waals surface area contributed by atoms with Crippen molar-refractivity contribution in [2.45, 2.75) is 62.7 Å². The summed E-state index contributed by atoms with van der Waals surface area (Å²) in [6.07, 6.45) is 3.11. The lowest BCUT2D eigenvalue weighted by molar-refractivity contribution is -0.125. The molecule has 2 aliphatic heterocycles. The molecule has 0 spiro atoms. The minimum absolute atomic E-state index is 0.0326. The van der Waals surface area contributed by atoms with Crippen LogP contribution in [0, 0.1) is 0 Å². The standard InChI is InChI=1S/C35H41Cl2N3O2/c1-33(2,3)26-11-9-25(10-12-26)31(41)40-22-16-34(24-40,28-13-14-29(36)30(37)23-28)15-19-39-20-17-35(18-21-39,32(38)42)27-7-5-4-6-8-27/h4-14,23H,15-22,24H2,1-3H3,(H2,38,42). The highest BCUT2D eigenvalue weighted by atomic mass is 35.5. The monoisotopic (exact) mass is 605 g/mol. The maximum Gasteiger partial charge on any atom is 0.253 e. The van der Waals surface area contributed by atoms with Crippen molar-refractivity contribution in [3.05, 3.63) is 105 Å². The molecular formula is C35H41Cl2N3O2. The molecule has 5 nitrogen and oxygen atoms in total. The molecule has 0 saturated carbocycles. The Hall–Kier alpha value is -2.86. The Morgan fingerprint density at radius 1 is 0.833 bits per heavy atom. The SMILES string of the molecule is CC(C)(C)c1ccc(C(=O)N2CCC(CCN3CCC(C(N)=O)(c4ccccc4)CC3)(c3ccc(Cl)c(Cl)c3)C2)cc1. The zero-order valence-corrected chi connectivity index (χ0v) is 26.3. The summed E-state index contributed by atoms with van der Waals surface area (Å²) < 4.78 is 0. The predicted molar refractivity (Wildman–Crippen MR) is 171 cm³/mol. The van der Waals surface area contributed by atoms with Crippen LogP contribution in [0.2, 0.25) is 10.0 Å². The molecule has 3 aromatic carbocycles. The Morgan fingerprint density at radius 3 is 2.10 bits per heavy atom. The molecule has 0 radical (unpaired) electrons. The van der Waals surface area contributed by atoms with E-state index in [0.29, 0.717) is 41.5 Å². The average molecular weight is 607 g/mol. The highest BCUT2D eigenvalue weighted by Gasteiger charge is 2.44. The largest absolute Gasteiger partial charge is 0.369 e. The van der Waals surface area contributed by atoms with Gasteiger partial charge < -0.3 is 15.5 Å². The number of carbonyl (C=O) groups excluding carboxylic acids is 2. The molecule has 3 aromatic rings. The quantitative estimate of drug-likeness (QED) is 0.316. The van der Waals surface area contributed by atoms with Gasteiger partial charge in [0.05, 0.1) is 15.5 Å². The number of primary amides is 1. The van der Waals surface area contributed by atoms with Crippen molar-refractivity contribution >= 4 is 35.0 Å². The van der Waals surface area contributed by atoms with Gasteiger partial charge in [-0.1, -0.05) is 92.5 Å². The zero-order valence-electron chi connectivity index (χ0n) is 24.8. The van der Waals surface area contributed by atoms with Gasteiger partial charge >= 0.3 is 0 Å². The third-order valence-electron chi connectivity index (χ3n) is 9.59. The van der Waals surface area contributed by atoms with E-state index in [1.807, 2.05) is 59.5 Å². The van der Waals surface area contributed by atoms with Crippen molar-refractivity contribution in [2.75, 3.05) is 32.7 Å². The molecule has 1 unspecified atom stereocenters. The number of nitrogens with two attached hydrogens (primary N) is 1. The van der Waals surface area contributed by atoms with Gasteiger partial charge in [0.25, 0.3) is 5.91 Å². The van der Waals surface area contributed by atoms with E-state index in [1.54, 1.807) is 0 Å². The molecule has 2 fully saturated rings. The van der Waals surface area contributed by atoms with E-state index in [-0.39, 0.29) is 22.6 Å². The Bertz CT molecular complexity index is 1430. The lowest BCUT2D eigenvalue weighted by Gasteiger charge is -2.41. The molecule has 0 aromatic heterocycles. The van der Waals surface area contributed by atoms with Crippen LogP contribution in [0.3, 0.4) is 0 Å². The van der Waals surface area contributed by atoms with Crippen LogP contribution in [0.1, 0.15) is 73.5 Å². The number of nitrogens with zero attached hydrogens (tertiary/aromatic N) is 2. The number of halogens is 2. The summed E-state index contributed by atoms with van der Waals surface area (Å²) in [4.78, 5) is 30.7. The highest BCUT2D eigenvalue weighted by molar-refractivity contribution is 6.42. The molecule has 0 aliphatic carbocycles. The maximum atomic E-state index is 13.6. The third kappa shape index (κ3) is 6.10. The van der Waals surface area contributed by atoms with Crippen LogP contribution in [0.25, 0.3) is 0 Å². The second-order valence-corrected chi connectivity index (χ2v) is 13.9. The van der Waals surface area contributed by atoms with Crippen LogP contribution < -0.4 is 5.73 Å². The van der Waals surface area contributed by atoms with Gasteiger partial charge in [-0.05, 0) is 91.7 Å². The Morgan fingerprint density at radius 2 is 1.50 bits per heavy atom. The topological polar surface area (TPSA) is 66.6 Å². The van der Waals surface area contributed by atoms with Gasteiger partial charge in [0.1, 0.15) is 0 Å². The summed E-state index contributed by atoms with van der Waals surface area (Å²) in [6.45, 7) is 10.3. The molecule has 2 heterocycles. The summed E-state index contributed by atoms with van der Waals surface area (Å²) in [5.74, 6) is -0.189. The van der Waals surface area contributed by atoms with Crippen LogP contribution >= 0.6 is 23.2 Å². The van der Waals surface area contributed by atoms with Crippen molar-refractivity contribution in [3.8, 4) is 0 Å². The van der Waals surface area contributed by atoms with Gasteiger partial charge in [0.2, 0.25) is 5.91 Å². The molecule has 0 bridgehead atoms. The smallest absolute Gasteiger partial charge is 0.253 e. The minimum atomic E-state index is -0.627. The molecule has 222 valence electrons. The lowest BCUT2D eigenvalue weighted by Crippen LogP contribution is -2.50. The fourth-order valence-corrected chi connectivity index (χ4v) is 7.01. The zero-order chi connectivity index (χ0) is 30.1. The van der Waals surface area contributed by atoms with E-state index in [9.17, 15) is 9.59 Å². The lowest BCUT2D eigenvalue weighted by atomic mass is 9.71. The predicted octanol–water partition coefficient (Wildman–Crippen LogP) is 6.98. The Kier molecular flexibility index (Phi) is 8.76. The summed E-state index contributed by atoms with van der Waals surface area (Å²) >= 11 is 12.8. The average Bonchev–Trinajstić information content (AvgIpc) is 3.43. The van der Waals surface area contributed by atoms with Crippen molar-refractivity contribution in [1.29, 1.82) is 0 Å². The Balaban J connectivity index is 1.32. The van der Waals surface area contributed by atoms with E-state index >= 15 is 0 Å². The van der Waals surface area contributed by atoms with E-state index < -0.39 is 5.41 Å². The molecule has 42 heavy (non-hydrogen) atoms. The van der Waals surface area contributed by atoms with Gasteiger partial charge in [0.15, 0.2) is 0 Å². The van der Waals surface area contributed by atoms with Crippen LogP contribution in [0.5, 0.6) is 0 Å². The van der Waals surface area contributed by atoms with Gasteiger partial charge in [-0.2, -0.15) is 0 Å². The normalized spacial score (nSPS) is 20.9. The molecule has 1 atom stereocenters. The number of hydrogen-bond donors (Lipinski definition) is 1. The fourth-order valence-electron chi connectivity index (χ4n) is 6.72. The molecule has 7 heteroatoms. The number of piperidine rings is 1. The minimum Gasteiger partial charge on any atom is -0.369 e. The van der Waals surface area contributed by atoms with Crippen molar-refractivity contribution < 1.29 is 9.59 Å². The molecule has 2 N–H and O–H groups in total. The van der Waals surface area contributed by atoms with Crippen molar-refractivity contribution in [1.82, 2.24) is 9.80 Å². The first-order valence-electron chi connectivity index (χ1n) is 14.9. The van der Waals surface area contributed by atoms with Crippen LogP contribution in [-0.4, -0.2) is 54.3 Å². The summed E-state index contributed by atoms with van der Waals surface area (Å²) in [5, 5.41) is 1.06. The highest BCUT2D eigenvalue weighted by Crippen LogP contribution is 2.42. The number of benzene rings is 3. The van der Waals surface area contributed by atoms with Gasteiger partial charge in [0, 0.05) is 24.1 Å². The summed E-state index contributed by atoms with van der Waals surface area (Å²) in [7, 11) is 0.